The van der Waals surface area contributed by atoms with E-state index in [1.165, 1.54) is 0 Å². The maximum atomic E-state index is 12.3. The first-order valence-corrected chi connectivity index (χ1v) is 7.37. The number of carboxylic acids is 1. The van der Waals surface area contributed by atoms with Crippen molar-refractivity contribution in [3.05, 3.63) is 0 Å². The molecular formula is C14H27N3O3. The minimum atomic E-state index is -0.807. The molecule has 20 heavy (non-hydrogen) atoms. The molecule has 0 spiro atoms. The fraction of sp³-hybridized carbons (Fsp3) is 0.857. The number of carboxylic acid groups (broad SMARTS) is 1. The second-order valence-corrected chi connectivity index (χ2v) is 5.57. The van der Waals surface area contributed by atoms with Gasteiger partial charge in [0.05, 0.1) is 0 Å². The van der Waals surface area contributed by atoms with Crippen molar-refractivity contribution >= 4 is 12.0 Å². The Labute approximate surface area is 121 Å². The summed E-state index contributed by atoms with van der Waals surface area (Å²) in [5.41, 5.74) is 0. The van der Waals surface area contributed by atoms with Gasteiger partial charge in [0.1, 0.15) is 6.04 Å². The molecule has 1 saturated heterocycles. The molecule has 0 aromatic rings. The number of hydrogen-bond acceptors (Lipinski definition) is 3. The Morgan fingerprint density at radius 3 is 2.20 bits per heavy atom. The number of aliphatic carboxylic acids is 1. The quantitative estimate of drug-likeness (QED) is 0.827. The van der Waals surface area contributed by atoms with E-state index >= 15 is 0 Å². The standard InChI is InChI=1S/C14H27N3O3/c1-5-6-11(2)15(4)14(20)17-9-7-16(8-10-17)12(3)13(18)19/h11-12H,5-10H2,1-4H3,(H,18,19). The number of urea groups is 1. The lowest BCUT2D eigenvalue weighted by Gasteiger charge is -2.39. The SMILES string of the molecule is CCCC(C)N(C)C(=O)N1CCN(C(C)C(=O)O)CC1. The number of carbonyl (C=O) groups excluding carboxylic acids is 1. The highest BCUT2D eigenvalue weighted by atomic mass is 16.4. The summed E-state index contributed by atoms with van der Waals surface area (Å²) >= 11 is 0. The van der Waals surface area contributed by atoms with Crippen LogP contribution >= 0.6 is 0 Å². The van der Waals surface area contributed by atoms with Crippen molar-refractivity contribution in [2.75, 3.05) is 33.2 Å². The molecule has 0 aliphatic carbocycles. The van der Waals surface area contributed by atoms with Crippen molar-refractivity contribution in [2.24, 2.45) is 0 Å². The predicted molar refractivity (Wildman–Crippen MR) is 77.8 cm³/mol. The number of amides is 2. The lowest BCUT2D eigenvalue weighted by molar-refractivity contribution is -0.143. The second kappa shape index (κ2) is 7.47. The molecule has 2 amide bonds. The Hall–Kier alpha value is -1.30. The van der Waals surface area contributed by atoms with E-state index in [-0.39, 0.29) is 12.1 Å². The Kier molecular flexibility index (Phi) is 6.26. The summed E-state index contributed by atoms with van der Waals surface area (Å²) in [5, 5.41) is 9.00. The number of piperazine rings is 1. The van der Waals surface area contributed by atoms with Crippen LogP contribution in [-0.4, -0.2) is 77.1 Å². The van der Waals surface area contributed by atoms with Crippen molar-refractivity contribution < 1.29 is 14.7 Å². The molecule has 116 valence electrons. The molecule has 6 heteroatoms. The van der Waals surface area contributed by atoms with E-state index < -0.39 is 12.0 Å². The first-order chi connectivity index (χ1) is 9.38. The van der Waals surface area contributed by atoms with E-state index in [0.717, 1.165) is 12.8 Å². The molecule has 0 aromatic carbocycles. The Morgan fingerprint density at radius 2 is 1.75 bits per heavy atom. The molecule has 2 atom stereocenters. The molecule has 1 N–H and O–H groups in total. The van der Waals surface area contributed by atoms with Gasteiger partial charge in [-0.25, -0.2) is 4.79 Å². The third-order valence-corrected chi connectivity index (χ3v) is 4.16. The zero-order valence-electron chi connectivity index (χ0n) is 13.0. The fourth-order valence-corrected chi connectivity index (χ4v) is 2.48. The first kappa shape index (κ1) is 16.8. The fourth-order valence-electron chi connectivity index (χ4n) is 2.48. The molecule has 2 unspecified atom stereocenters. The van der Waals surface area contributed by atoms with Crippen molar-refractivity contribution in [3.63, 3.8) is 0 Å². The van der Waals surface area contributed by atoms with Gasteiger partial charge in [0.25, 0.3) is 0 Å². The number of nitrogens with zero attached hydrogens (tertiary/aromatic N) is 3. The maximum Gasteiger partial charge on any atom is 0.320 e. The summed E-state index contributed by atoms with van der Waals surface area (Å²) in [4.78, 5) is 28.8. The minimum Gasteiger partial charge on any atom is -0.480 e. The molecule has 0 aromatic heterocycles. The molecule has 1 aliphatic heterocycles. The van der Waals surface area contributed by atoms with E-state index in [9.17, 15) is 9.59 Å². The monoisotopic (exact) mass is 285 g/mol. The summed E-state index contributed by atoms with van der Waals surface area (Å²) in [6.45, 7) is 8.30. The molecule has 1 heterocycles. The van der Waals surface area contributed by atoms with Crippen LogP contribution in [0.4, 0.5) is 4.79 Å². The summed E-state index contributed by atoms with van der Waals surface area (Å²) < 4.78 is 0. The zero-order chi connectivity index (χ0) is 15.3. The molecule has 0 bridgehead atoms. The van der Waals surface area contributed by atoms with Crippen molar-refractivity contribution in [1.82, 2.24) is 14.7 Å². The molecule has 1 fully saturated rings. The van der Waals surface area contributed by atoms with E-state index in [0.29, 0.717) is 26.2 Å². The van der Waals surface area contributed by atoms with Gasteiger partial charge in [-0.05, 0) is 20.3 Å². The lowest BCUT2D eigenvalue weighted by atomic mass is 10.2. The predicted octanol–water partition coefficient (Wildman–Crippen LogP) is 1.32. The van der Waals surface area contributed by atoms with Gasteiger partial charge < -0.3 is 14.9 Å². The molecular weight excluding hydrogens is 258 g/mol. The van der Waals surface area contributed by atoms with Crippen LogP contribution in [0.15, 0.2) is 0 Å². The Bertz CT molecular complexity index is 341. The molecule has 1 aliphatic rings. The average molecular weight is 285 g/mol. The maximum absolute atomic E-state index is 12.3. The van der Waals surface area contributed by atoms with Crippen LogP contribution in [0.2, 0.25) is 0 Å². The van der Waals surface area contributed by atoms with Crippen LogP contribution in [0.5, 0.6) is 0 Å². The van der Waals surface area contributed by atoms with Gasteiger partial charge in [0.2, 0.25) is 0 Å². The minimum absolute atomic E-state index is 0.0496. The molecule has 6 nitrogen and oxygen atoms in total. The van der Waals surface area contributed by atoms with Gasteiger partial charge >= 0.3 is 12.0 Å². The molecule has 1 rings (SSSR count). The summed E-state index contributed by atoms with van der Waals surface area (Å²) in [7, 11) is 1.84. The lowest BCUT2D eigenvalue weighted by Crippen LogP contribution is -2.56. The van der Waals surface area contributed by atoms with E-state index in [1.807, 2.05) is 16.8 Å². The third kappa shape index (κ3) is 4.10. The summed E-state index contributed by atoms with van der Waals surface area (Å²) in [6.07, 6.45) is 2.06. The van der Waals surface area contributed by atoms with E-state index in [2.05, 4.69) is 13.8 Å². The Balaban J connectivity index is 2.48. The number of hydrogen-bond donors (Lipinski definition) is 1. The summed E-state index contributed by atoms with van der Waals surface area (Å²) in [5.74, 6) is -0.807. The van der Waals surface area contributed by atoms with Crippen LogP contribution in [0, 0.1) is 0 Å². The van der Waals surface area contributed by atoms with Gasteiger partial charge in [-0.1, -0.05) is 13.3 Å². The van der Waals surface area contributed by atoms with Gasteiger partial charge in [-0.2, -0.15) is 0 Å². The highest BCUT2D eigenvalue weighted by Gasteiger charge is 2.29. The molecule has 0 radical (unpaired) electrons. The largest absolute Gasteiger partial charge is 0.480 e. The summed E-state index contributed by atoms with van der Waals surface area (Å²) in [6, 6.07) is -0.193. The Morgan fingerprint density at radius 1 is 1.20 bits per heavy atom. The zero-order valence-corrected chi connectivity index (χ0v) is 13.0. The normalized spacial score (nSPS) is 19.5. The van der Waals surface area contributed by atoms with Crippen molar-refractivity contribution in [2.45, 2.75) is 45.7 Å². The number of rotatable bonds is 5. The van der Waals surface area contributed by atoms with Crippen LogP contribution in [0.25, 0.3) is 0 Å². The van der Waals surface area contributed by atoms with Crippen LogP contribution in [0.3, 0.4) is 0 Å². The third-order valence-electron chi connectivity index (χ3n) is 4.16. The van der Waals surface area contributed by atoms with Gasteiger partial charge in [-0.15, -0.1) is 0 Å². The van der Waals surface area contributed by atoms with Crippen LogP contribution < -0.4 is 0 Å². The van der Waals surface area contributed by atoms with Gasteiger partial charge in [-0.3, -0.25) is 9.69 Å². The second-order valence-electron chi connectivity index (χ2n) is 5.57. The van der Waals surface area contributed by atoms with Crippen molar-refractivity contribution in [3.8, 4) is 0 Å². The van der Waals surface area contributed by atoms with Crippen LogP contribution in [0.1, 0.15) is 33.6 Å². The van der Waals surface area contributed by atoms with E-state index in [1.54, 1.807) is 11.8 Å². The highest BCUT2D eigenvalue weighted by molar-refractivity contribution is 5.75. The van der Waals surface area contributed by atoms with Gasteiger partial charge in [0.15, 0.2) is 0 Å². The van der Waals surface area contributed by atoms with Gasteiger partial charge in [0, 0.05) is 39.3 Å². The molecule has 0 saturated carbocycles. The number of carbonyl (C=O) groups is 2. The van der Waals surface area contributed by atoms with Crippen molar-refractivity contribution in [1.29, 1.82) is 0 Å². The van der Waals surface area contributed by atoms with E-state index in [4.69, 9.17) is 5.11 Å². The highest BCUT2D eigenvalue weighted by Crippen LogP contribution is 2.11. The average Bonchev–Trinajstić information content (AvgIpc) is 2.45. The smallest absolute Gasteiger partial charge is 0.320 e. The first-order valence-electron chi connectivity index (χ1n) is 7.37. The topological polar surface area (TPSA) is 64.1 Å². The van der Waals surface area contributed by atoms with Crippen LogP contribution in [-0.2, 0) is 4.79 Å².